The van der Waals surface area contributed by atoms with Crippen molar-refractivity contribution in [3.8, 4) is 11.4 Å². The molecule has 31 heavy (non-hydrogen) atoms. The number of aromatic amines is 1. The van der Waals surface area contributed by atoms with Gasteiger partial charge in [0.15, 0.2) is 0 Å². The van der Waals surface area contributed by atoms with Crippen LogP contribution in [0.5, 0.6) is 0 Å². The van der Waals surface area contributed by atoms with Gasteiger partial charge in [-0.2, -0.15) is 0 Å². The number of nitrogens with zero attached hydrogens (tertiary/aromatic N) is 1. The number of nitrogens with one attached hydrogen (secondary N) is 3. The topological polar surface area (TPSA) is 69.8 Å². The summed E-state index contributed by atoms with van der Waals surface area (Å²) >= 11 is 5.87. The van der Waals surface area contributed by atoms with Crippen molar-refractivity contribution < 1.29 is 9.18 Å². The van der Waals surface area contributed by atoms with Crippen LogP contribution in [0.1, 0.15) is 56.5 Å². The molecule has 2 heterocycles. The van der Waals surface area contributed by atoms with Gasteiger partial charge in [0.25, 0.3) is 5.91 Å². The first-order chi connectivity index (χ1) is 14.4. The Morgan fingerprint density at radius 1 is 1.16 bits per heavy atom. The van der Waals surface area contributed by atoms with Gasteiger partial charge in [0, 0.05) is 34.3 Å². The number of halogens is 2. The highest BCUT2D eigenvalue weighted by atomic mass is 35.5. The van der Waals surface area contributed by atoms with Crippen LogP contribution < -0.4 is 10.6 Å². The molecule has 1 fully saturated rings. The van der Waals surface area contributed by atoms with E-state index >= 15 is 0 Å². The molecular formula is C24H28ClFN4O. The molecule has 1 aliphatic heterocycles. The number of benzene rings is 2. The first-order valence-electron chi connectivity index (χ1n) is 10.5. The number of hydrogen-bond acceptors (Lipinski definition) is 3. The lowest BCUT2D eigenvalue weighted by Gasteiger charge is -2.46. The smallest absolute Gasteiger partial charge is 0.251 e. The molecule has 3 aromatic rings. The van der Waals surface area contributed by atoms with E-state index in [9.17, 15) is 9.18 Å². The van der Waals surface area contributed by atoms with Crippen LogP contribution in [-0.4, -0.2) is 33.0 Å². The maximum absolute atomic E-state index is 13.7. The fraction of sp³-hybridized carbons (Fsp3) is 0.417. The van der Waals surface area contributed by atoms with Crippen LogP contribution in [0.15, 0.2) is 30.3 Å². The Kier molecular flexibility index (Phi) is 5.34. The van der Waals surface area contributed by atoms with Gasteiger partial charge in [0.1, 0.15) is 11.6 Å². The zero-order valence-electron chi connectivity index (χ0n) is 18.5. The number of amides is 1. The monoisotopic (exact) mass is 442 g/mol. The summed E-state index contributed by atoms with van der Waals surface area (Å²) in [6, 6.07) is 8.49. The molecule has 0 atom stereocenters. The Labute approximate surface area is 186 Å². The van der Waals surface area contributed by atoms with Gasteiger partial charge in [-0.3, -0.25) is 4.79 Å². The molecule has 0 bridgehead atoms. The molecular weight excluding hydrogens is 415 g/mol. The molecule has 1 saturated heterocycles. The number of aromatic nitrogens is 2. The fourth-order valence-corrected chi connectivity index (χ4v) is 5.05. The average molecular weight is 443 g/mol. The summed E-state index contributed by atoms with van der Waals surface area (Å²) in [6.07, 6.45) is 1.74. The van der Waals surface area contributed by atoms with E-state index in [1.165, 1.54) is 12.1 Å². The summed E-state index contributed by atoms with van der Waals surface area (Å²) in [7, 11) is 0. The number of hydrogen-bond donors (Lipinski definition) is 3. The minimum atomic E-state index is -0.489. The molecule has 0 radical (unpaired) electrons. The van der Waals surface area contributed by atoms with Gasteiger partial charge < -0.3 is 15.6 Å². The molecule has 4 rings (SSSR count). The molecule has 1 aliphatic rings. The lowest BCUT2D eigenvalue weighted by Crippen LogP contribution is -2.62. The maximum Gasteiger partial charge on any atom is 0.251 e. The lowest BCUT2D eigenvalue weighted by molar-refractivity contribution is 0.0873. The Hall–Kier alpha value is -2.44. The van der Waals surface area contributed by atoms with Gasteiger partial charge in [0.2, 0.25) is 0 Å². The Morgan fingerprint density at radius 3 is 2.48 bits per heavy atom. The molecule has 7 heteroatoms. The average Bonchev–Trinajstić information content (AvgIpc) is 3.01. The predicted molar refractivity (Wildman–Crippen MR) is 123 cm³/mol. The second-order valence-corrected chi connectivity index (χ2v) is 10.3. The lowest BCUT2D eigenvalue weighted by atomic mass is 9.79. The number of piperidine rings is 1. The molecule has 0 saturated carbocycles. The summed E-state index contributed by atoms with van der Waals surface area (Å²) in [5.41, 5.74) is 3.47. The van der Waals surface area contributed by atoms with E-state index in [1.54, 1.807) is 6.07 Å². The van der Waals surface area contributed by atoms with Crippen molar-refractivity contribution in [2.45, 2.75) is 64.6 Å². The van der Waals surface area contributed by atoms with Crippen LogP contribution in [0, 0.1) is 12.7 Å². The zero-order valence-corrected chi connectivity index (χ0v) is 19.2. The van der Waals surface area contributed by atoms with Crippen molar-refractivity contribution in [3.63, 3.8) is 0 Å². The number of rotatable bonds is 3. The van der Waals surface area contributed by atoms with Crippen LogP contribution in [-0.2, 0) is 0 Å². The van der Waals surface area contributed by atoms with E-state index < -0.39 is 5.82 Å². The number of fused-ring (bicyclic) bond motifs is 1. The molecule has 2 aromatic carbocycles. The molecule has 1 amide bonds. The Balaban J connectivity index is 1.55. The quantitative estimate of drug-likeness (QED) is 0.510. The highest BCUT2D eigenvalue weighted by molar-refractivity contribution is 6.31. The fourth-order valence-electron chi connectivity index (χ4n) is 4.90. The van der Waals surface area contributed by atoms with Crippen LogP contribution in [0.3, 0.4) is 0 Å². The minimum Gasteiger partial charge on any atom is -0.349 e. The third kappa shape index (κ3) is 4.60. The summed E-state index contributed by atoms with van der Waals surface area (Å²) in [6.45, 7) is 10.6. The van der Waals surface area contributed by atoms with E-state index in [2.05, 4.69) is 48.3 Å². The van der Waals surface area contributed by atoms with Gasteiger partial charge in [0.05, 0.1) is 16.1 Å². The zero-order chi connectivity index (χ0) is 22.6. The van der Waals surface area contributed by atoms with Crippen LogP contribution >= 0.6 is 11.6 Å². The molecule has 0 aliphatic carbocycles. The van der Waals surface area contributed by atoms with Crippen molar-refractivity contribution >= 4 is 28.5 Å². The number of carbonyl (C=O) groups is 1. The highest BCUT2D eigenvalue weighted by Crippen LogP contribution is 2.30. The van der Waals surface area contributed by atoms with Crippen LogP contribution in [0.4, 0.5) is 4.39 Å². The Morgan fingerprint density at radius 2 is 1.84 bits per heavy atom. The van der Waals surface area contributed by atoms with Gasteiger partial charge >= 0.3 is 0 Å². The van der Waals surface area contributed by atoms with Crippen molar-refractivity contribution in [1.29, 1.82) is 0 Å². The van der Waals surface area contributed by atoms with E-state index in [1.807, 2.05) is 19.1 Å². The van der Waals surface area contributed by atoms with Crippen molar-refractivity contribution in [2.75, 3.05) is 0 Å². The number of imidazole rings is 1. The van der Waals surface area contributed by atoms with Crippen LogP contribution in [0.25, 0.3) is 22.4 Å². The second kappa shape index (κ2) is 7.61. The first-order valence-corrected chi connectivity index (χ1v) is 10.9. The predicted octanol–water partition coefficient (Wildman–Crippen LogP) is 5.37. The van der Waals surface area contributed by atoms with E-state index in [0.29, 0.717) is 22.4 Å². The van der Waals surface area contributed by atoms with Gasteiger partial charge in [-0.15, -0.1) is 0 Å². The van der Waals surface area contributed by atoms with Gasteiger partial charge in [-0.25, -0.2) is 9.37 Å². The standard InChI is InChI=1S/C24H28ClFN4O/c1-13-8-14(22(31)27-15-11-23(2,3)30-24(4,5)12-15)6-7-16(13)21-28-19-9-17(25)18(26)10-20(19)29-21/h6-10,15,30H,11-12H2,1-5H3,(H,27,31)(H,28,29). The maximum atomic E-state index is 13.7. The van der Waals surface area contributed by atoms with Crippen molar-refractivity contribution in [1.82, 2.24) is 20.6 Å². The normalized spacial score (nSPS) is 18.3. The Bertz CT molecular complexity index is 1110. The molecule has 1 aromatic heterocycles. The van der Waals surface area contributed by atoms with Crippen molar-refractivity contribution in [3.05, 3.63) is 52.3 Å². The molecule has 3 N–H and O–H groups in total. The number of carbonyl (C=O) groups excluding carboxylic acids is 1. The molecule has 164 valence electrons. The highest BCUT2D eigenvalue weighted by Gasteiger charge is 2.38. The number of aryl methyl sites for hydroxylation is 1. The summed E-state index contributed by atoms with van der Waals surface area (Å²) in [5.74, 6) is 0.0481. The second-order valence-electron chi connectivity index (χ2n) is 9.87. The molecule has 5 nitrogen and oxygen atoms in total. The minimum absolute atomic E-state index is 0.0386. The third-order valence-corrected chi connectivity index (χ3v) is 6.08. The van der Waals surface area contributed by atoms with E-state index in [4.69, 9.17) is 11.6 Å². The van der Waals surface area contributed by atoms with E-state index in [0.717, 1.165) is 24.0 Å². The largest absolute Gasteiger partial charge is 0.349 e. The van der Waals surface area contributed by atoms with Gasteiger partial charge in [-0.1, -0.05) is 17.7 Å². The summed E-state index contributed by atoms with van der Waals surface area (Å²) in [4.78, 5) is 20.6. The molecule has 0 spiro atoms. The SMILES string of the molecule is Cc1cc(C(=O)NC2CC(C)(C)NC(C)(C)C2)ccc1-c1nc2cc(Cl)c(F)cc2[nH]1. The third-order valence-electron chi connectivity index (χ3n) is 5.79. The summed E-state index contributed by atoms with van der Waals surface area (Å²) < 4.78 is 13.7. The van der Waals surface area contributed by atoms with Crippen LogP contribution in [0.2, 0.25) is 5.02 Å². The number of H-pyrrole nitrogens is 1. The molecule has 0 unspecified atom stereocenters. The van der Waals surface area contributed by atoms with E-state index in [-0.39, 0.29) is 28.0 Å². The van der Waals surface area contributed by atoms with Gasteiger partial charge in [-0.05, 0) is 71.2 Å². The first kappa shape index (κ1) is 21.8. The van der Waals surface area contributed by atoms with Crippen molar-refractivity contribution in [2.24, 2.45) is 0 Å². The summed E-state index contributed by atoms with van der Waals surface area (Å²) in [5, 5.41) is 6.88.